The Morgan fingerprint density at radius 2 is 1.90 bits per heavy atom. The molecule has 0 unspecified atom stereocenters. The Morgan fingerprint density at radius 3 is 2.45 bits per heavy atom. The second kappa shape index (κ2) is 6.76. The first-order chi connectivity index (χ1) is 9.06. The second-order valence-electron chi connectivity index (χ2n) is 3.96. The number of carbonyl (C=O) groups excluding carboxylic acids is 1. The number of benzene rings is 1. The van der Waals surface area contributed by atoms with Crippen LogP contribution < -0.4 is 21.5 Å². The van der Waals surface area contributed by atoms with Crippen LogP contribution in [0.25, 0.3) is 0 Å². The monoisotopic (exact) mass is 338 g/mol. The van der Waals surface area contributed by atoms with Gasteiger partial charge in [0.1, 0.15) is 0 Å². The van der Waals surface area contributed by atoms with Gasteiger partial charge in [0.2, 0.25) is 18.5 Å². The SMILES string of the molecule is O=C(C[n+]1cccc(O)c1)c1ccc([N+](=O)[O-])cc1.[Br-]. The molecule has 6 nitrogen and oxygen atoms in total. The summed E-state index contributed by atoms with van der Waals surface area (Å²) in [5.74, 6) is -0.121. The summed E-state index contributed by atoms with van der Waals surface area (Å²) in [5, 5.41) is 19.8. The van der Waals surface area contributed by atoms with Crippen molar-refractivity contribution in [3.05, 3.63) is 64.5 Å². The zero-order valence-electron chi connectivity index (χ0n) is 10.3. The van der Waals surface area contributed by atoms with E-state index in [1.807, 2.05) is 0 Å². The Morgan fingerprint density at radius 1 is 1.25 bits per heavy atom. The molecule has 0 aliphatic carbocycles. The Hall–Kier alpha value is -2.28. The molecule has 0 aliphatic heterocycles. The number of nitro groups is 1. The van der Waals surface area contributed by atoms with Crippen LogP contribution >= 0.6 is 0 Å². The number of rotatable bonds is 4. The fourth-order valence-corrected chi connectivity index (χ4v) is 1.63. The van der Waals surface area contributed by atoms with Crippen LogP contribution in [0.1, 0.15) is 10.4 Å². The van der Waals surface area contributed by atoms with Crippen molar-refractivity contribution in [3.63, 3.8) is 0 Å². The molecule has 7 heteroatoms. The molecule has 2 rings (SSSR count). The molecule has 0 bridgehead atoms. The maximum Gasteiger partial charge on any atom is 0.269 e. The first-order valence-electron chi connectivity index (χ1n) is 5.52. The highest BCUT2D eigenvalue weighted by Crippen LogP contribution is 2.12. The van der Waals surface area contributed by atoms with E-state index >= 15 is 0 Å². The van der Waals surface area contributed by atoms with Gasteiger partial charge in [0.15, 0.2) is 11.9 Å². The Bertz CT molecular complexity index is 629. The highest BCUT2D eigenvalue weighted by molar-refractivity contribution is 5.95. The number of hydrogen-bond donors (Lipinski definition) is 1. The van der Waals surface area contributed by atoms with Crippen LogP contribution in [-0.2, 0) is 6.54 Å². The predicted molar refractivity (Wildman–Crippen MR) is 65.7 cm³/mol. The molecule has 1 N–H and O–H groups in total. The normalized spacial score (nSPS) is 9.60. The van der Waals surface area contributed by atoms with Gasteiger partial charge >= 0.3 is 0 Å². The molecule has 104 valence electrons. The third-order valence-corrected chi connectivity index (χ3v) is 2.57. The van der Waals surface area contributed by atoms with Crippen LogP contribution in [0, 0.1) is 10.1 Å². The molecular formula is C13H11BrN2O4. The molecule has 0 radical (unpaired) electrons. The van der Waals surface area contributed by atoms with E-state index in [4.69, 9.17) is 0 Å². The number of nitrogens with zero attached hydrogens (tertiary/aromatic N) is 2. The van der Waals surface area contributed by atoms with Gasteiger partial charge in [0, 0.05) is 23.8 Å². The average Bonchev–Trinajstić information content (AvgIpc) is 2.39. The smallest absolute Gasteiger partial charge is 0.269 e. The summed E-state index contributed by atoms with van der Waals surface area (Å²) in [6.45, 7) is 0.0617. The standard InChI is InChI=1S/C13H10N2O4.BrH/c16-12-2-1-7-14(8-12)9-13(17)10-3-5-11(6-4-10)15(18)19;/h1-8H,9H2;1H. The lowest BCUT2D eigenvalue weighted by Crippen LogP contribution is -3.00. The van der Waals surface area contributed by atoms with E-state index in [9.17, 15) is 20.0 Å². The zero-order chi connectivity index (χ0) is 13.8. The van der Waals surface area contributed by atoms with Crippen LogP contribution in [0.5, 0.6) is 5.75 Å². The molecule has 0 aliphatic rings. The zero-order valence-corrected chi connectivity index (χ0v) is 11.9. The lowest BCUT2D eigenvalue weighted by Gasteiger charge is -1.98. The van der Waals surface area contributed by atoms with Crippen LogP contribution in [-0.4, -0.2) is 15.8 Å². The van der Waals surface area contributed by atoms with Crippen LogP contribution in [0.2, 0.25) is 0 Å². The van der Waals surface area contributed by atoms with Gasteiger partial charge in [-0.05, 0) is 18.2 Å². The minimum Gasteiger partial charge on any atom is -1.00 e. The van der Waals surface area contributed by atoms with Gasteiger partial charge in [0.25, 0.3) is 5.69 Å². The van der Waals surface area contributed by atoms with Crippen molar-refractivity contribution in [1.82, 2.24) is 0 Å². The third-order valence-electron chi connectivity index (χ3n) is 2.57. The predicted octanol–water partition coefficient (Wildman–Crippen LogP) is -1.53. The Kier molecular flexibility index (Phi) is 5.33. The summed E-state index contributed by atoms with van der Waals surface area (Å²) in [4.78, 5) is 21.9. The fraction of sp³-hybridized carbons (Fsp3) is 0.0769. The third kappa shape index (κ3) is 3.86. The van der Waals surface area contributed by atoms with Gasteiger partial charge in [-0.15, -0.1) is 0 Å². The minimum atomic E-state index is -0.516. The lowest BCUT2D eigenvalue weighted by atomic mass is 10.1. The fourth-order valence-electron chi connectivity index (χ4n) is 1.63. The molecular weight excluding hydrogens is 328 g/mol. The van der Waals surface area contributed by atoms with Crippen molar-refractivity contribution in [3.8, 4) is 5.75 Å². The molecule has 0 fully saturated rings. The summed E-state index contributed by atoms with van der Waals surface area (Å²) in [7, 11) is 0. The molecule has 20 heavy (non-hydrogen) atoms. The van der Waals surface area contributed by atoms with Gasteiger partial charge in [-0.3, -0.25) is 14.9 Å². The quantitative estimate of drug-likeness (QED) is 0.317. The van der Waals surface area contributed by atoms with Crippen molar-refractivity contribution in [2.45, 2.75) is 6.54 Å². The first kappa shape index (κ1) is 15.8. The number of pyridine rings is 1. The molecule has 1 heterocycles. The molecule has 0 spiro atoms. The van der Waals surface area contributed by atoms with Gasteiger partial charge < -0.3 is 22.1 Å². The molecule has 2 aromatic rings. The summed E-state index contributed by atoms with van der Waals surface area (Å²) >= 11 is 0. The number of ketones is 1. The largest absolute Gasteiger partial charge is 1.00 e. The highest BCUT2D eigenvalue weighted by atomic mass is 79.9. The maximum absolute atomic E-state index is 11.9. The summed E-state index contributed by atoms with van der Waals surface area (Å²) in [6.07, 6.45) is 3.09. The van der Waals surface area contributed by atoms with Crippen LogP contribution in [0.15, 0.2) is 48.8 Å². The van der Waals surface area contributed by atoms with Crippen molar-refractivity contribution in [2.24, 2.45) is 0 Å². The van der Waals surface area contributed by atoms with Crippen molar-refractivity contribution in [1.29, 1.82) is 0 Å². The van der Waals surface area contributed by atoms with Gasteiger partial charge in [-0.1, -0.05) is 0 Å². The number of hydrogen-bond acceptors (Lipinski definition) is 4. The topological polar surface area (TPSA) is 84.3 Å². The molecule has 0 saturated carbocycles. The number of carbonyl (C=O) groups is 1. The first-order valence-corrected chi connectivity index (χ1v) is 5.52. The summed E-state index contributed by atoms with van der Waals surface area (Å²) < 4.78 is 1.54. The van der Waals surface area contributed by atoms with Gasteiger partial charge in [-0.25, -0.2) is 0 Å². The molecule has 0 saturated heterocycles. The Balaban J connectivity index is 0.00000200. The summed E-state index contributed by atoms with van der Waals surface area (Å²) in [6, 6.07) is 8.56. The van der Waals surface area contributed by atoms with Gasteiger partial charge in [0.05, 0.1) is 4.92 Å². The van der Waals surface area contributed by atoms with Crippen LogP contribution in [0.4, 0.5) is 5.69 Å². The van der Waals surface area contributed by atoms with Crippen molar-refractivity contribution >= 4 is 11.5 Å². The van der Waals surface area contributed by atoms with E-state index < -0.39 is 4.92 Å². The number of halogens is 1. The molecule has 1 aromatic carbocycles. The van der Waals surface area contributed by atoms with E-state index in [-0.39, 0.29) is 40.7 Å². The van der Waals surface area contributed by atoms with E-state index in [0.717, 1.165) is 0 Å². The van der Waals surface area contributed by atoms with Crippen molar-refractivity contribution < 1.29 is 36.4 Å². The molecule has 0 amide bonds. The number of non-ortho nitro benzene ring substituents is 1. The lowest BCUT2D eigenvalue weighted by molar-refractivity contribution is -0.683. The number of nitro benzene ring substituents is 1. The Labute approximate surface area is 125 Å². The van der Waals surface area contributed by atoms with E-state index in [1.54, 1.807) is 16.8 Å². The van der Waals surface area contributed by atoms with E-state index in [0.29, 0.717) is 5.56 Å². The highest BCUT2D eigenvalue weighted by Gasteiger charge is 2.14. The summed E-state index contributed by atoms with van der Waals surface area (Å²) in [5.41, 5.74) is 0.336. The average molecular weight is 339 g/mol. The number of aromatic hydroxyl groups is 1. The van der Waals surface area contributed by atoms with Gasteiger partial charge in [-0.2, -0.15) is 4.57 Å². The number of aromatic nitrogens is 1. The van der Waals surface area contributed by atoms with E-state index in [1.165, 1.54) is 36.5 Å². The molecule has 0 atom stereocenters. The van der Waals surface area contributed by atoms with E-state index in [2.05, 4.69) is 0 Å². The van der Waals surface area contributed by atoms with Crippen LogP contribution in [0.3, 0.4) is 0 Å². The number of Topliss-reactive ketones (excluding diaryl/α,β-unsaturated/α-hetero) is 1. The van der Waals surface area contributed by atoms with Crippen molar-refractivity contribution in [2.75, 3.05) is 0 Å². The minimum absolute atomic E-state index is 0. The second-order valence-corrected chi connectivity index (χ2v) is 3.96. The molecule has 1 aromatic heterocycles. The maximum atomic E-state index is 11.9.